The Morgan fingerprint density at radius 1 is 0.331 bits per heavy atom. The van der Waals surface area contributed by atoms with Crippen LogP contribution in [0.1, 0.15) is 127 Å². The highest BCUT2D eigenvalue weighted by Gasteiger charge is 2.41. The molecule has 0 bridgehead atoms. The number of nitrogens with two attached hydrogens (primary N) is 6. The van der Waals surface area contributed by atoms with Crippen molar-refractivity contribution in [2.45, 2.75) is 151 Å². The Labute approximate surface area is 775 Å². The predicted octanol–water partition coefficient (Wildman–Crippen LogP) is 19.7. The second-order valence-corrected chi connectivity index (χ2v) is 38.0. The van der Waals surface area contributed by atoms with Gasteiger partial charge in [-0.3, -0.25) is 0 Å². The van der Waals surface area contributed by atoms with Crippen molar-refractivity contribution in [2.75, 3.05) is 125 Å². The Morgan fingerprint density at radius 2 is 0.556 bits per heavy atom. The molecule has 124 heavy (non-hydrogen) atoms. The summed E-state index contributed by atoms with van der Waals surface area (Å²) in [6.07, 6.45) is 16.7. The highest BCUT2D eigenvalue weighted by Crippen LogP contribution is 2.45. The second kappa shape index (κ2) is 41.5. The first-order valence-electron chi connectivity index (χ1n) is 41.3. The third-order valence-corrected chi connectivity index (χ3v) is 29.3. The Balaban J connectivity index is 0.000000151. The number of nitrogen functional groups attached to an aromatic ring is 5. The topological polar surface area (TPSA) is 382 Å². The fraction of sp³-hybridized carbons (Fsp3) is 0.438. The summed E-state index contributed by atoms with van der Waals surface area (Å²) in [6, 6.07) is 26.7. The van der Waals surface area contributed by atoms with E-state index >= 15 is 0 Å². The van der Waals surface area contributed by atoms with Crippen LogP contribution in [0.2, 0.25) is 50.2 Å². The maximum Gasteiger partial charge on any atom is 0.152 e. The summed E-state index contributed by atoms with van der Waals surface area (Å²) < 4.78 is 0. The Bertz CT molecular complexity index is 5130. The largest absolute Gasteiger partial charge is 0.391 e. The zero-order valence-corrected chi connectivity index (χ0v) is 78.5. The molecule has 0 saturated carbocycles. The third kappa shape index (κ3) is 22.3. The number of rotatable bonds is 15. The number of hydrogen-bond acceptors (Lipinski definition) is 25. The number of aliphatic hydroxyl groups excluding tert-OH is 4. The van der Waals surface area contributed by atoms with Crippen LogP contribution in [0.3, 0.4) is 0 Å². The molecule has 0 spiro atoms. The molecular formula is C89H109Cl10N21O4. The third-order valence-electron chi connectivity index (χ3n) is 25.2. The Morgan fingerprint density at radius 3 is 0.766 bits per heavy atom. The molecule has 5 aliphatic rings. The second-order valence-electron chi connectivity index (χ2n) is 34.1. The molecule has 0 radical (unpaired) electrons. The minimum Gasteiger partial charge on any atom is -0.391 e. The van der Waals surface area contributed by atoms with Gasteiger partial charge in [0.1, 0.15) is 57.6 Å². The van der Waals surface area contributed by atoms with Crippen LogP contribution in [-0.2, 0) is 0 Å². The van der Waals surface area contributed by atoms with E-state index in [0.717, 1.165) is 103 Å². The molecule has 5 saturated heterocycles. The highest BCUT2D eigenvalue weighted by atomic mass is 35.5. The zero-order chi connectivity index (χ0) is 90.1. The lowest BCUT2D eigenvalue weighted by atomic mass is 9.75. The maximum absolute atomic E-state index is 10.5. The summed E-state index contributed by atoms with van der Waals surface area (Å²) in [5.74, 6) is 4.95. The van der Waals surface area contributed by atoms with Crippen molar-refractivity contribution >= 4 is 174 Å². The fourth-order valence-electron chi connectivity index (χ4n) is 15.6. The molecule has 25 nitrogen and oxygen atoms in total. The van der Waals surface area contributed by atoms with Crippen LogP contribution in [0.4, 0.5) is 58.2 Å². The SMILES string of the molecule is CC1(C)CCN(c2cnc(-c3cccc(Cl)c3Cl)c(N)n2)C[C@@H]1O.CC1(C)CCN(c2cnc(-c3cccc(Cl)c3Cl)c(N)n2)C[C@H]1O.CCCC1(CN)CCN(c2cnc(-c3cccc(Cl)c3Cl)c(N)n2)CC1.CC[C@@]1(C)CCN(c2cnc(-c3cccc(Cl)c3Cl)c(N)n2)C[C@H]1O.CC[C@]1(C)CCN(c2cnc(-c3cccc(Cl)c3Cl)c(N)n2)C[C@@H]1O. The monoisotopic (exact) mass is 1890 g/mol. The van der Waals surface area contributed by atoms with E-state index in [-0.39, 0.29) is 38.7 Å². The average molecular weight is 1890 g/mol. The van der Waals surface area contributed by atoms with E-state index in [2.05, 4.69) is 117 Å². The van der Waals surface area contributed by atoms with Crippen molar-refractivity contribution in [3.8, 4) is 56.3 Å². The van der Waals surface area contributed by atoms with Gasteiger partial charge in [-0.05, 0) is 122 Å². The number of halogens is 10. The van der Waals surface area contributed by atoms with Gasteiger partial charge in [0.05, 0.1) is 106 Å². The van der Waals surface area contributed by atoms with E-state index < -0.39 is 24.4 Å². The van der Waals surface area contributed by atoms with Crippen LogP contribution in [0.15, 0.2) is 122 Å². The van der Waals surface area contributed by atoms with Crippen LogP contribution in [0, 0.1) is 27.1 Å². The van der Waals surface area contributed by atoms with Crippen LogP contribution < -0.4 is 58.9 Å². The summed E-state index contributed by atoms with van der Waals surface area (Å²) in [5, 5.41) is 45.8. The van der Waals surface area contributed by atoms with Crippen molar-refractivity contribution in [3.63, 3.8) is 0 Å². The van der Waals surface area contributed by atoms with Gasteiger partial charge in [0.15, 0.2) is 29.1 Å². The molecule has 10 aromatic rings. The minimum atomic E-state index is -0.420. The quantitative estimate of drug-likeness (QED) is 0.0456. The lowest BCUT2D eigenvalue weighted by Crippen LogP contribution is -2.49. The smallest absolute Gasteiger partial charge is 0.152 e. The molecule has 0 amide bonds. The highest BCUT2D eigenvalue weighted by molar-refractivity contribution is 6.46. The van der Waals surface area contributed by atoms with E-state index in [1.54, 1.807) is 97.7 Å². The molecule has 15 rings (SSSR count). The Hall–Kier alpha value is -7.80. The molecule has 5 fully saturated rings. The number of benzene rings is 5. The number of β-amino-alcohol motifs (C(OH)–C–C–N with tert-alkyl or cyclic N) is 4. The molecule has 5 aliphatic heterocycles. The van der Waals surface area contributed by atoms with Crippen LogP contribution in [0.5, 0.6) is 0 Å². The van der Waals surface area contributed by atoms with E-state index in [9.17, 15) is 20.4 Å². The van der Waals surface area contributed by atoms with E-state index in [0.29, 0.717) is 173 Å². The molecule has 5 aromatic heterocycles. The zero-order valence-electron chi connectivity index (χ0n) is 70.9. The van der Waals surface area contributed by atoms with Crippen LogP contribution in [-0.4, -0.2) is 167 Å². The van der Waals surface area contributed by atoms with Crippen LogP contribution in [0.25, 0.3) is 56.3 Å². The number of aromatic nitrogens is 10. The van der Waals surface area contributed by atoms with Gasteiger partial charge in [0.25, 0.3) is 0 Å². The van der Waals surface area contributed by atoms with Gasteiger partial charge >= 0.3 is 0 Å². The molecule has 5 aromatic carbocycles. The lowest BCUT2D eigenvalue weighted by Gasteiger charge is -2.43. The summed E-state index contributed by atoms with van der Waals surface area (Å²) in [4.78, 5) is 55.0. The minimum absolute atomic E-state index is 0.0519. The van der Waals surface area contributed by atoms with Gasteiger partial charge in [-0.25, -0.2) is 49.8 Å². The summed E-state index contributed by atoms with van der Waals surface area (Å²) in [5.41, 5.74) is 42.6. The van der Waals surface area contributed by atoms with Gasteiger partial charge in [0, 0.05) is 93.3 Å². The molecule has 6 atom stereocenters. The first-order valence-corrected chi connectivity index (χ1v) is 45.1. The molecule has 16 N–H and O–H groups in total. The Kier molecular flexibility index (Phi) is 32.4. The normalized spacial score (nSPS) is 20.9. The standard InChI is InChI=1S/C19H25Cl2N5.2C18H22Cl2N4O.2C17H20Cl2N4O/c1-2-6-19(12-22)7-9-26(10-8-19)15-11-24-17(18(23)25-15)13-4-3-5-14(20)16(13)21;2*1-3-18(2)7-8-24(10-13(18)25)14-9-22-16(17(21)23-14)11-5-4-6-12(19)15(11)20;2*1-17(2)6-7-23(9-12(17)24)13-8-21-15(16(20)22-13)10-4-3-5-11(18)14(10)19/h3-5,11H,2,6-10,12,22H2,1H3,(H2,23,25);2*4-6,9,13,25H,3,7-8,10H2,1-2H3,(H2,21,23);2*3-5,8,12,24H,6-7,9H2,1-2H3,(H2,20,22)/t;2*13-,18+;2*12-/m.1010/s1. The van der Waals surface area contributed by atoms with E-state index in [1.165, 1.54) is 12.8 Å². The number of hydrogen-bond donors (Lipinski definition) is 10. The number of nitrogens with zero attached hydrogens (tertiary/aromatic N) is 15. The van der Waals surface area contributed by atoms with Crippen molar-refractivity contribution < 1.29 is 20.4 Å². The van der Waals surface area contributed by atoms with Gasteiger partial charge in [0.2, 0.25) is 0 Å². The first-order chi connectivity index (χ1) is 58.8. The van der Waals surface area contributed by atoms with Crippen molar-refractivity contribution in [3.05, 3.63) is 172 Å². The number of anilines is 10. The van der Waals surface area contributed by atoms with Crippen molar-refractivity contribution in [1.29, 1.82) is 0 Å². The molecular weight excluding hydrogens is 1780 g/mol. The van der Waals surface area contributed by atoms with Crippen molar-refractivity contribution in [1.82, 2.24) is 49.8 Å². The number of aliphatic hydroxyl groups is 4. The van der Waals surface area contributed by atoms with Gasteiger partial charge < -0.3 is 79.3 Å². The fourth-order valence-corrected chi connectivity index (χ4v) is 17.5. The maximum atomic E-state index is 10.5. The summed E-state index contributed by atoms with van der Waals surface area (Å²) in [6.45, 7) is 26.8. The lowest BCUT2D eigenvalue weighted by molar-refractivity contribution is 0.0187. The van der Waals surface area contributed by atoms with Crippen LogP contribution >= 0.6 is 116 Å². The first kappa shape index (κ1) is 96.8. The van der Waals surface area contributed by atoms with Gasteiger partial charge in [-0.15, -0.1) is 0 Å². The van der Waals surface area contributed by atoms with Gasteiger partial charge in [-0.2, -0.15) is 0 Å². The average Bonchev–Trinajstić information content (AvgIpc) is 0.817. The molecule has 35 heteroatoms. The molecule has 664 valence electrons. The summed E-state index contributed by atoms with van der Waals surface area (Å²) >= 11 is 61.6. The molecule has 0 aliphatic carbocycles. The van der Waals surface area contributed by atoms with Crippen molar-refractivity contribution in [2.24, 2.45) is 32.8 Å². The number of piperidine rings is 5. The van der Waals surface area contributed by atoms with E-state index in [4.69, 9.17) is 150 Å². The molecule has 10 heterocycles. The van der Waals surface area contributed by atoms with Gasteiger partial charge in [-0.1, -0.05) is 245 Å². The van der Waals surface area contributed by atoms with E-state index in [1.807, 2.05) is 43.9 Å². The summed E-state index contributed by atoms with van der Waals surface area (Å²) in [7, 11) is 0. The molecule has 0 unspecified atom stereocenters. The predicted molar refractivity (Wildman–Crippen MR) is 513 cm³/mol.